The molecule has 6 heteroatoms. The number of carbonyl (C=O) groups excluding carboxylic acids is 2. The Kier molecular flexibility index (Phi) is 5.45. The Hall–Kier alpha value is -2.99. The van der Waals surface area contributed by atoms with Gasteiger partial charge in [-0.25, -0.2) is 0 Å². The number of nitrogens with one attached hydrogen (secondary N) is 1. The van der Waals surface area contributed by atoms with Crippen LogP contribution in [0, 0.1) is 0 Å². The molecule has 1 fully saturated rings. The molecule has 0 atom stereocenters. The molecule has 148 valence electrons. The Morgan fingerprint density at radius 1 is 1.14 bits per heavy atom. The second kappa shape index (κ2) is 8.17. The zero-order chi connectivity index (χ0) is 20.4. The topological polar surface area (TPSA) is 52.7 Å². The highest BCUT2D eigenvalue weighted by molar-refractivity contribution is 7.80. The van der Waals surface area contributed by atoms with Gasteiger partial charge in [0, 0.05) is 18.8 Å². The van der Waals surface area contributed by atoms with Gasteiger partial charge in [0.2, 0.25) is 0 Å². The van der Waals surface area contributed by atoms with Crippen LogP contribution in [0.5, 0.6) is 0 Å². The van der Waals surface area contributed by atoms with Gasteiger partial charge in [0.1, 0.15) is 5.57 Å². The minimum absolute atomic E-state index is 0.0863. The van der Waals surface area contributed by atoms with E-state index >= 15 is 0 Å². The lowest BCUT2D eigenvalue weighted by Crippen LogP contribution is -2.54. The zero-order valence-corrected chi connectivity index (χ0v) is 17.2. The summed E-state index contributed by atoms with van der Waals surface area (Å²) in [6.07, 6.45) is 4.99. The average Bonchev–Trinajstić information content (AvgIpc) is 3.12. The number of hydrogen-bond donors (Lipinski definition) is 1. The van der Waals surface area contributed by atoms with Crippen molar-refractivity contribution in [3.8, 4) is 0 Å². The Bertz CT molecular complexity index is 1000. The van der Waals surface area contributed by atoms with Gasteiger partial charge in [-0.2, -0.15) is 0 Å². The fourth-order valence-corrected chi connectivity index (χ4v) is 4.08. The summed E-state index contributed by atoms with van der Waals surface area (Å²) in [4.78, 5) is 29.3. The Labute approximate surface area is 176 Å². The van der Waals surface area contributed by atoms with Gasteiger partial charge in [0.05, 0.1) is 5.69 Å². The van der Waals surface area contributed by atoms with E-state index in [4.69, 9.17) is 12.2 Å². The summed E-state index contributed by atoms with van der Waals surface area (Å²) in [5, 5.41) is 2.73. The first-order valence-corrected chi connectivity index (χ1v) is 10.3. The summed E-state index contributed by atoms with van der Waals surface area (Å²) in [5.41, 5.74) is 4.08. The van der Waals surface area contributed by atoms with E-state index in [2.05, 4.69) is 29.3 Å². The monoisotopic (exact) mass is 405 g/mol. The second-order valence-electron chi connectivity index (χ2n) is 7.27. The molecule has 2 aliphatic heterocycles. The third-order valence-electron chi connectivity index (χ3n) is 5.30. The van der Waals surface area contributed by atoms with E-state index in [9.17, 15) is 9.59 Å². The maximum atomic E-state index is 13.1. The Balaban J connectivity index is 1.63. The van der Waals surface area contributed by atoms with E-state index in [1.165, 1.54) is 29.0 Å². The molecule has 0 saturated carbocycles. The third-order valence-corrected chi connectivity index (χ3v) is 5.59. The van der Waals surface area contributed by atoms with Crippen LogP contribution in [0.15, 0.2) is 54.1 Å². The summed E-state index contributed by atoms with van der Waals surface area (Å²) in [5.74, 6) is -0.868. The molecular weight excluding hydrogens is 382 g/mol. The number of benzene rings is 2. The number of carbonyl (C=O) groups is 2. The summed E-state index contributed by atoms with van der Waals surface area (Å²) in [7, 11) is 0. The van der Waals surface area contributed by atoms with Crippen LogP contribution in [-0.4, -0.2) is 30.0 Å². The molecule has 4 rings (SSSR count). The molecule has 0 spiro atoms. The van der Waals surface area contributed by atoms with E-state index in [1.54, 1.807) is 18.2 Å². The molecule has 2 aliphatic rings. The summed E-state index contributed by atoms with van der Waals surface area (Å²) in [6, 6.07) is 15.2. The molecule has 0 aromatic heterocycles. The Morgan fingerprint density at radius 3 is 2.69 bits per heavy atom. The number of amides is 2. The van der Waals surface area contributed by atoms with E-state index in [1.807, 2.05) is 24.3 Å². The maximum absolute atomic E-state index is 13.1. The molecule has 5 nitrogen and oxygen atoms in total. The van der Waals surface area contributed by atoms with Crippen LogP contribution in [-0.2, 0) is 16.0 Å². The van der Waals surface area contributed by atoms with Crippen molar-refractivity contribution in [3.05, 3.63) is 65.2 Å². The molecule has 2 amide bonds. The number of para-hydroxylation sites is 1. The molecule has 0 bridgehead atoms. The first-order valence-electron chi connectivity index (χ1n) is 9.93. The van der Waals surface area contributed by atoms with Gasteiger partial charge in [-0.3, -0.25) is 19.8 Å². The van der Waals surface area contributed by atoms with Crippen molar-refractivity contribution in [3.63, 3.8) is 0 Å². The highest BCUT2D eigenvalue weighted by atomic mass is 32.1. The number of rotatable bonds is 5. The number of nitrogens with zero attached hydrogens (tertiary/aromatic N) is 2. The fraction of sp³-hybridized carbons (Fsp3) is 0.261. The third kappa shape index (κ3) is 3.80. The smallest absolute Gasteiger partial charge is 0.270 e. The molecule has 2 aromatic carbocycles. The number of anilines is 2. The van der Waals surface area contributed by atoms with Crippen LogP contribution in [0.2, 0.25) is 0 Å². The molecule has 0 aliphatic carbocycles. The van der Waals surface area contributed by atoms with Crippen molar-refractivity contribution in [1.82, 2.24) is 5.32 Å². The standard InChI is InChI=1S/C23H23N3O2S/c1-2-3-12-25-13-11-17-14-16(9-10-20(17)25)15-19-21(27)24-23(29)26(22(19)28)18-7-5-4-6-8-18/h4-10,14-15H,2-3,11-13H2,1H3,(H,24,27,29)/b19-15+. The molecule has 0 unspecified atom stereocenters. The predicted molar refractivity (Wildman–Crippen MR) is 120 cm³/mol. The molecule has 29 heavy (non-hydrogen) atoms. The van der Waals surface area contributed by atoms with Crippen LogP contribution in [0.4, 0.5) is 11.4 Å². The normalized spacial score (nSPS) is 17.7. The average molecular weight is 406 g/mol. The van der Waals surface area contributed by atoms with Gasteiger partial charge in [-0.05, 0) is 66.5 Å². The van der Waals surface area contributed by atoms with Crippen LogP contribution >= 0.6 is 12.2 Å². The molecule has 2 heterocycles. The van der Waals surface area contributed by atoms with E-state index in [-0.39, 0.29) is 10.7 Å². The predicted octanol–water partition coefficient (Wildman–Crippen LogP) is 3.68. The van der Waals surface area contributed by atoms with Gasteiger partial charge in [0.25, 0.3) is 11.8 Å². The Morgan fingerprint density at radius 2 is 1.93 bits per heavy atom. The molecule has 2 aromatic rings. The lowest BCUT2D eigenvalue weighted by molar-refractivity contribution is -0.122. The van der Waals surface area contributed by atoms with Gasteiger partial charge >= 0.3 is 0 Å². The van der Waals surface area contributed by atoms with Crippen LogP contribution in [0.3, 0.4) is 0 Å². The molecule has 1 N–H and O–H groups in total. The summed E-state index contributed by atoms with van der Waals surface area (Å²) < 4.78 is 0. The van der Waals surface area contributed by atoms with Crippen molar-refractivity contribution in [2.45, 2.75) is 26.2 Å². The second-order valence-corrected chi connectivity index (χ2v) is 7.66. The number of thiocarbonyl (C=S) groups is 1. The minimum atomic E-state index is -0.461. The largest absolute Gasteiger partial charge is 0.371 e. The van der Waals surface area contributed by atoms with E-state index in [0.717, 1.165) is 25.1 Å². The highest BCUT2D eigenvalue weighted by Gasteiger charge is 2.34. The fourth-order valence-electron chi connectivity index (χ4n) is 3.80. The van der Waals surface area contributed by atoms with E-state index < -0.39 is 11.8 Å². The van der Waals surface area contributed by atoms with Crippen LogP contribution in [0.25, 0.3) is 6.08 Å². The quantitative estimate of drug-likeness (QED) is 0.468. The van der Waals surface area contributed by atoms with Crippen molar-refractivity contribution >= 4 is 46.6 Å². The van der Waals surface area contributed by atoms with E-state index in [0.29, 0.717) is 5.69 Å². The molecule has 1 saturated heterocycles. The van der Waals surface area contributed by atoms with Crippen molar-refractivity contribution < 1.29 is 9.59 Å². The minimum Gasteiger partial charge on any atom is -0.371 e. The first kappa shape index (κ1) is 19.3. The van der Waals surface area contributed by atoms with Gasteiger partial charge in [0.15, 0.2) is 5.11 Å². The zero-order valence-electron chi connectivity index (χ0n) is 16.4. The highest BCUT2D eigenvalue weighted by Crippen LogP contribution is 2.30. The molecular formula is C23H23N3O2S. The lowest BCUT2D eigenvalue weighted by atomic mass is 10.0. The number of unbranched alkanes of at least 4 members (excludes halogenated alkanes) is 1. The summed E-state index contributed by atoms with van der Waals surface area (Å²) >= 11 is 5.23. The first-order chi connectivity index (χ1) is 14.1. The van der Waals surface area contributed by atoms with Gasteiger partial charge in [-0.15, -0.1) is 0 Å². The van der Waals surface area contributed by atoms with Gasteiger partial charge < -0.3 is 4.90 Å². The van der Waals surface area contributed by atoms with Crippen LogP contribution < -0.4 is 15.1 Å². The molecule has 0 radical (unpaired) electrons. The van der Waals surface area contributed by atoms with Crippen molar-refractivity contribution in [2.75, 3.05) is 22.9 Å². The lowest BCUT2D eigenvalue weighted by Gasteiger charge is -2.28. The summed E-state index contributed by atoms with van der Waals surface area (Å²) in [6.45, 7) is 4.28. The number of fused-ring (bicyclic) bond motifs is 1. The van der Waals surface area contributed by atoms with Crippen molar-refractivity contribution in [2.24, 2.45) is 0 Å². The van der Waals surface area contributed by atoms with Crippen LogP contribution in [0.1, 0.15) is 30.9 Å². The number of hydrogen-bond acceptors (Lipinski definition) is 4. The SMILES string of the molecule is CCCCN1CCc2cc(/C=C3\C(=O)NC(=S)N(c4ccccc4)C3=O)ccc21. The van der Waals surface area contributed by atoms with Gasteiger partial charge in [-0.1, -0.05) is 37.6 Å². The maximum Gasteiger partial charge on any atom is 0.270 e. The van der Waals surface area contributed by atoms with Crippen molar-refractivity contribution in [1.29, 1.82) is 0 Å².